The largest absolute Gasteiger partial charge is 0.496 e. The Morgan fingerprint density at radius 2 is 1.63 bits per heavy atom. The molecule has 0 aliphatic carbocycles. The summed E-state index contributed by atoms with van der Waals surface area (Å²) in [4.78, 5) is 33.6. The number of nitrogens with one attached hydrogen (secondary N) is 2. The summed E-state index contributed by atoms with van der Waals surface area (Å²) in [5.41, 5.74) is 3.13. The highest BCUT2D eigenvalue weighted by molar-refractivity contribution is 5.83. The van der Waals surface area contributed by atoms with Crippen LogP contribution in [0.5, 0.6) is 5.75 Å². The van der Waals surface area contributed by atoms with Crippen LogP contribution in [0.1, 0.15) is 37.3 Å². The predicted octanol–water partition coefficient (Wildman–Crippen LogP) is 3.27. The zero-order chi connectivity index (χ0) is 28.6. The lowest BCUT2D eigenvalue weighted by atomic mass is 10.0. The van der Waals surface area contributed by atoms with E-state index in [0.29, 0.717) is 26.1 Å². The number of aromatic nitrogens is 1. The average Bonchev–Trinajstić information content (AvgIpc) is 3.40. The van der Waals surface area contributed by atoms with Gasteiger partial charge in [-0.3, -0.25) is 14.5 Å². The van der Waals surface area contributed by atoms with E-state index in [1.165, 1.54) is 19.3 Å². The summed E-state index contributed by atoms with van der Waals surface area (Å²) in [6.45, 7) is 8.75. The number of carbonyl (C=O) groups is 2. The Kier molecular flexibility index (Phi) is 9.92. The van der Waals surface area contributed by atoms with Crippen LogP contribution in [0.25, 0.3) is 10.9 Å². The Bertz CT molecular complexity index is 1300. The highest BCUT2D eigenvalue weighted by atomic mass is 16.5. The molecule has 2 amide bonds. The van der Waals surface area contributed by atoms with Crippen LogP contribution in [0.15, 0.2) is 54.7 Å². The molecule has 0 saturated carbocycles. The number of ether oxygens (including phenoxy) is 1. The Morgan fingerprint density at radius 3 is 2.39 bits per heavy atom. The fourth-order valence-electron chi connectivity index (χ4n) is 6.15. The number of hydrogen-bond acceptors (Lipinski definition) is 6. The molecule has 2 saturated heterocycles. The summed E-state index contributed by atoms with van der Waals surface area (Å²) in [6.07, 6.45) is 6.51. The average molecular weight is 561 g/mol. The van der Waals surface area contributed by atoms with Gasteiger partial charge in [-0.2, -0.15) is 0 Å². The first-order valence-corrected chi connectivity index (χ1v) is 14.9. The normalized spacial score (nSPS) is 17.8. The van der Waals surface area contributed by atoms with E-state index < -0.39 is 0 Å². The van der Waals surface area contributed by atoms with E-state index in [2.05, 4.69) is 37.4 Å². The molecular weight excluding hydrogens is 516 g/mol. The van der Waals surface area contributed by atoms with Crippen LogP contribution in [0, 0.1) is 0 Å². The third kappa shape index (κ3) is 7.67. The van der Waals surface area contributed by atoms with Crippen LogP contribution in [-0.2, 0) is 22.6 Å². The summed E-state index contributed by atoms with van der Waals surface area (Å²) >= 11 is 0. The molecule has 2 aliphatic heterocycles. The number of methoxy groups -OCH3 is 1. The molecule has 0 radical (unpaired) electrons. The number of hydrogen-bond donors (Lipinski definition) is 2. The van der Waals surface area contributed by atoms with Gasteiger partial charge in [-0.05, 0) is 37.0 Å². The molecule has 0 spiro atoms. The van der Waals surface area contributed by atoms with Crippen molar-refractivity contribution in [3.8, 4) is 5.75 Å². The number of amides is 2. The molecule has 2 N–H and O–H groups in total. The van der Waals surface area contributed by atoms with Gasteiger partial charge >= 0.3 is 0 Å². The number of nitrogens with zero attached hydrogens (tertiary/aromatic N) is 4. The summed E-state index contributed by atoms with van der Waals surface area (Å²) in [6, 6.07) is 15.7. The van der Waals surface area contributed by atoms with Crippen LogP contribution < -0.4 is 10.1 Å². The van der Waals surface area contributed by atoms with Crippen LogP contribution in [0.4, 0.5) is 0 Å². The van der Waals surface area contributed by atoms with Gasteiger partial charge in [0.05, 0.1) is 19.7 Å². The number of hydrazine groups is 1. The molecule has 9 nitrogen and oxygen atoms in total. The number of benzene rings is 2. The Morgan fingerprint density at radius 1 is 0.927 bits per heavy atom. The van der Waals surface area contributed by atoms with E-state index in [1.807, 2.05) is 42.6 Å². The molecule has 2 aromatic carbocycles. The number of piperidine rings is 1. The molecule has 1 atom stereocenters. The molecular formula is C32H44N6O3. The van der Waals surface area contributed by atoms with Crippen molar-refractivity contribution in [2.45, 2.75) is 45.2 Å². The van der Waals surface area contributed by atoms with Crippen molar-refractivity contribution < 1.29 is 14.3 Å². The number of piperazine rings is 1. The maximum absolute atomic E-state index is 13.4. The number of aromatic amines is 1. The van der Waals surface area contributed by atoms with Gasteiger partial charge in [0.1, 0.15) is 5.75 Å². The standard InChI is InChI=1S/C32H44N6O3/c1-25(39)36(22-26-10-4-7-13-31(26)41-2)23-28(20-27-21-33-30-12-6-5-11-29(27)30)34-32(40)24-35-16-18-38(19-17-35)37-14-8-3-9-15-37/h4-7,10-13,21,28,33H,3,8-9,14-20,22-24H2,1-2H3,(H,34,40)/t28-/m0/s1. The third-order valence-corrected chi connectivity index (χ3v) is 8.39. The molecule has 2 aliphatic rings. The molecule has 3 aromatic rings. The lowest BCUT2D eigenvalue weighted by Crippen LogP contribution is -2.56. The smallest absolute Gasteiger partial charge is 0.234 e. The van der Waals surface area contributed by atoms with E-state index in [1.54, 1.807) is 18.9 Å². The molecule has 1 aromatic heterocycles. The van der Waals surface area contributed by atoms with E-state index >= 15 is 0 Å². The minimum atomic E-state index is -0.241. The van der Waals surface area contributed by atoms with Gasteiger partial charge in [-0.1, -0.05) is 42.8 Å². The number of fused-ring (bicyclic) bond motifs is 1. The summed E-state index contributed by atoms with van der Waals surface area (Å²) in [5.74, 6) is 0.713. The first kappa shape index (κ1) is 29.1. The van der Waals surface area contributed by atoms with Crippen molar-refractivity contribution >= 4 is 22.7 Å². The van der Waals surface area contributed by atoms with Gasteiger partial charge in [-0.25, -0.2) is 10.0 Å². The Hall–Kier alpha value is -3.40. The van der Waals surface area contributed by atoms with E-state index in [-0.39, 0.29) is 17.9 Å². The van der Waals surface area contributed by atoms with Crippen LogP contribution >= 0.6 is 0 Å². The van der Waals surface area contributed by atoms with Crippen LogP contribution in [0.2, 0.25) is 0 Å². The van der Waals surface area contributed by atoms with Crippen molar-refractivity contribution in [3.05, 3.63) is 65.9 Å². The zero-order valence-corrected chi connectivity index (χ0v) is 24.5. The molecule has 2 fully saturated rings. The molecule has 0 bridgehead atoms. The topological polar surface area (TPSA) is 84.2 Å². The lowest BCUT2D eigenvalue weighted by Gasteiger charge is -2.42. The first-order valence-electron chi connectivity index (χ1n) is 14.9. The SMILES string of the molecule is COc1ccccc1CN(C[C@H](Cc1c[nH]c2ccccc12)NC(=O)CN1CCN(N2CCCCC2)CC1)C(C)=O. The maximum atomic E-state index is 13.4. The molecule has 220 valence electrons. The third-order valence-electron chi connectivity index (χ3n) is 8.39. The van der Waals surface area contributed by atoms with Crippen molar-refractivity contribution in [1.82, 2.24) is 30.1 Å². The van der Waals surface area contributed by atoms with Gasteiger partial charge in [-0.15, -0.1) is 0 Å². The van der Waals surface area contributed by atoms with Crippen molar-refractivity contribution in [2.24, 2.45) is 0 Å². The monoisotopic (exact) mass is 560 g/mol. The number of H-pyrrole nitrogens is 1. The quantitative estimate of drug-likeness (QED) is 0.375. The number of carbonyl (C=O) groups excluding carboxylic acids is 2. The minimum absolute atomic E-state index is 0.00191. The van der Waals surface area contributed by atoms with Gasteiger partial charge in [0.15, 0.2) is 0 Å². The second kappa shape index (κ2) is 14.0. The van der Waals surface area contributed by atoms with Crippen LogP contribution in [0.3, 0.4) is 0 Å². The minimum Gasteiger partial charge on any atom is -0.496 e. The fraction of sp³-hybridized carbons (Fsp3) is 0.500. The van der Waals surface area contributed by atoms with Gasteiger partial charge < -0.3 is 19.9 Å². The zero-order valence-electron chi connectivity index (χ0n) is 24.5. The van der Waals surface area contributed by atoms with E-state index in [9.17, 15) is 9.59 Å². The molecule has 41 heavy (non-hydrogen) atoms. The van der Waals surface area contributed by atoms with Crippen molar-refractivity contribution in [2.75, 3.05) is 59.5 Å². The number of para-hydroxylation sites is 2. The molecule has 0 unspecified atom stereocenters. The first-order chi connectivity index (χ1) is 20.0. The second-order valence-corrected chi connectivity index (χ2v) is 11.3. The molecule has 5 rings (SSSR count). The number of rotatable bonds is 11. The van der Waals surface area contributed by atoms with Gasteiger partial charge in [0, 0.05) is 81.9 Å². The highest BCUT2D eigenvalue weighted by Crippen LogP contribution is 2.22. The Balaban J connectivity index is 1.25. The van der Waals surface area contributed by atoms with E-state index in [0.717, 1.165) is 67.0 Å². The Labute approximate surface area is 243 Å². The van der Waals surface area contributed by atoms with E-state index in [4.69, 9.17) is 4.74 Å². The fourth-order valence-corrected chi connectivity index (χ4v) is 6.15. The predicted molar refractivity (Wildman–Crippen MR) is 161 cm³/mol. The van der Waals surface area contributed by atoms with Gasteiger partial charge in [0.2, 0.25) is 11.8 Å². The highest BCUT2D eigenvalue weighted by Gasteiger charge is 2.26. The van der Waals surface area contributed by atoms with Crippen molar-refractivity contribution in [3.63, 3.8) is 0 Å². The molecule has 3 heterocycles. The molecule has 9 heteroatoms. The lowest BCUT2D eigenvalue weighted by molar-refractivity contribution is -0.131. The summed E-state index contributed by atoms with van der Waals surface area (Å²) < 4.78 is 5.54. The summed E-state index contributed by atoms with van der Waals surface area (Å²) in [5, 5.41) is 9.40. The second-order valence-electron chi connectivity index (χ2n) is 11.3. The van der Waals surface area contributed by atoms with Gasteiger partial charge in [0.25, 0.3) is 0 Å². The maximum Gasteiger partial charge on any atom is 0.234 e. The summed E-state index contributed by atoms with van der Waals surface area (Å²) in [7, 11) is 1.64. The van der Waals surface area contributed by atoms with Crippen LogP contribution in [-0.4, -0.2) is 102 Å². The van der Waals surface area contributed by atoms with Crippen molar-refractivity contribution in [1.29, 1.82) is 0 Å².